The summed E-state index contributed by atoms with van der Waals surface area (Å²) in [5, 5.41) is 0. The summed E-state index contributed by atoms with van der Waals surface area (Å²) in [6.45, 7) is 1.77. The van der Waals surface area contributed by atoms with Gasteiger partial charge in [0.2, 0.25) is 0 Å². The molecule has 0 aromatic carbocycles. The predicted molar refractivity (Wildman–Crippen MR) is 49.2 cm³/mol. The van der Waals surface area contributed by atoms with Crippen molar-refractivity contribution in [1.82, 2.24) is 9.29 Å². The second-order valence-corrected chi connectivity index (χ2v) is 3.37. The molecule has 1 saturated heterocycles. The number of nitrogens with zero attached hydrogens (tertiary/aromatic N) is 2. The Hall–Kier alpha value is -0.740. The Bertz CT molecular complexity index is 248. The summed E-state index contributed by atoms with van der Waals surface area (Å²) < 4.78 is 7.49. The van der Waals surface area contributed by atoms with Crippen LogP contribution in [0.1, 0.15) is 0 Å². The lowest BCUT2D eigenvalue weighted by Crippen LogP contribution is -2.48. The third-order valence-corrected chi connectivity index (χ3v) is 2.09. The highest BCUT2D eigenvalue weighted by Gasteiger charge is 2.25. The Kier molecular flexibility index (Phi) is 2.19. The van der Waals surface area contributed by atoms with E-state index in [1.165, 1.54) is 0 Å². The zero-order valence-corrected chi connectivity index (χ0v) is 7.45. The quantitative estimate of drug-likeness (QED) is 0.690. The summed E-state index contributed by atoms with van der Waals surface area (Å²) in [5.41, 5.74) is 0. The maximum Gasteiger partial charge on any atom is 0.138 e. The fourth-order valence-corrected chi connectivity index (χ4v) is 1.46. The Morgan fingerprint density at radius 2 is 2.42 bits per heavy atom. The van der Waals surface area contributed by atoms with Crippen LogP contribution in [-0.2, 0) is 0 Å². The standard InChI is InChI=1S/C8H10N2OS/c12-10-5-8(6-10)11-7-2-1-3-9-4-7/h1-4,8,12H,5-6H2. The van der Waals surface area contributed by atoms with Crippen LogP contribution in [-0.4, -0.2) is 28.5 Å². The van der Waals surface area contributed by atoms with Crippen molar-refractivity contribution >= 4 is 12.8 Å². The molecule has 1 aromatic heterocycles. The first-order chi connectivity index (χ1) is 5.84. The van der Waals surface area contributed by atoms with Crippen molar-refractivity contribution in [2.24, 2.45) is 0 Å². The number of thiol groups is 1. The summed E-state index contributed by atoms with van der Waals surface area (Å²) in [6, 6.07) is 3.78. The number of aromatic nitrogens is 1. The largest absolute Gasteiger partial charge is 0.486 e. The Balaban J connectivity index is 1.88. The van der Waals surface area contributed by atoms with Gasteiger partial charge in [0.25, 0.3) is 0 Å². The molecule has 1 aliphatic rings. The molecule has 2 heterocycles. The van der Waals surface area contributed by atoms with Gasteiger partial charge in [-0.05, 0) is 12.1 Å². The van der Waals surface area contributed by atoms with Gasteiger partial charge in [-0.3, -0.25) is 4.98 Å². The van der Waals surface area contributed by atoms with Crippen molar-refractivity contribution in [3.63, 3.8) is 0 Å². The van der Waals surface area contributed by atoms with Crippen LogP contribution in [0.2, 0.25) is 0 Å². The second kappa shape index (κ2) is 3.33. The molecule has 1 fully saturated rings. The van der Waals surface area contributed by atoms with Crippen LogP contribution in [0.15, 0.2) is 24.5 Å². The summed E-state index contributed by atoms with van der Waals surface area (Å²) >= 11 is 4.15. The molecule has 0 spiro atoms. The third kappa shape index (κ3) is 1.70. The number of hydrogen-bond acceptors (Lipinski definition) is 4. The highest BCUT2D eigenvalue weighted by atomic mass is 32.1. The minimum absolute atomic E-state index is 0.284. The van der Waals surface area contributed by atoms with Crippen LogP contribution < -0.4 is 4.74 Å². The lowest BCUT2D eigenvalue weighted by atomic mass is 10.2. The van der Waals surface area contributed by atoms with E-state index in [-0.39, 0.29) is 6.10 Å². The summed E-state index contributed by atoms with van der Waals surface area (Å²) in [6.07, 6.45) is 3.74. The van der Waals surface area contributed by atoms with Crippen LogP contribution in [0.4, 0.5) is 0 Å². The fourth-order valence-electron chi connectivity index (χ4n) is 1.10. The topological polar surface area (TPSA) is 25.4 Å². The highest BCUT2D eigenvalue weighted by Crippen LogP contribution is 2.17. The van der Waals surface area contributed by atoms with Crippen LogP contribution in [0.25, 0.3) is 0 Å². The van der Waals surface area contributed by atoms with Crippen molar-refractivity contribution in [2.75, 3.05) is 13.1 Å². The number of pyridine rings is 1. The van der Waals surface area contributed by atoms with Crippen molar-refractivity contribution in [1.29, 1.82) is 0 Å². The number of rotatable bonds is 2. The van der Waals surface area contributed by atoms with Crippen LogP contribution >= 0.6 is 12.8 Å². The molecule has 0 N–H and O–H groups in total. The van der Waals surface area contributed by atoms with E-state index in [2.05, 4.69) is 17.8 Å². The lowest BCUT2D eigenvalue weighted by molar-refractivity contribution is 0.0848. The molecule has 0 aliphatic carbocycles. The fraction of sp³-hybridized carbons (Fsp3) is 0.375. The molecule has 0 radical (unpaired) electrons. The molecule has 3 nitrogen and oxygen atoms in total. The van der Waals surface area contributed by atoms with Crippen LogP contribution in [0.5, 0.6) is 5.75 Å². The summed E-state index contributed by atoms with van der Waals surface area (Å²) in [4.78, 5) is 3.96. The van der Waals surface area contributed by atoms with E-state index in [9.17, 15) is 0 Å². The van der Waals surface area contributed by atoms with Gasteiger partial charge in [0.05, 0.1) is 6.20 Å². The van der Waals surface area contributed by atoms with Gasteiger partial charge in [0.15, 0.2) is 0 Å². The van der Waals surface area contributed by atoms with E-state index in [1.807, 2.05) is 16.4 Å². The van der Waals surface area contributed by atoms with Crippen molar-refractivity contribution in [2.45, 2.75) is 6.10 Å². The molecule has 64 valence electrons. The lowest BCUT2D eigenvalue weighted by Gasteiger charge is -2.34. The molecule has 4 heteroatoms. The van der Waals surface area contributed by atoms with Crippen LogP contribution in [0, 0.1) is 0 Å². The highest BCUT2D eigenvalue weighted by molar-refractivity contribution is 7.77. The van der Waals surface area contributed by atoms with Gasteiger partial charge in [0.1, 0.15) is 11.9 Å². The van der Waals surface area contributed by atoms with Crippen molar-refractivity contribution in [3.8, 4) is 5.75 Å². The summed E-state index contributed by atoms with van der Waals surface area (Å²) in [7, 11) is 0. The normalized spacial score (nSPS) is 18.8. The van der Waals surface area contributed by atoms with E-state index in [0.29, 0.717) is 0 Å². The van der Waals surface area contributed by atoms with Gasteiger partial charge in [0, 0.05) is 19.3 Å². The van der Waals surface area contributed by atoms with Gasteiger partial charge in [-0.15, -0.1) is 0 Å². The van der Waals surface area contributed by atoms with Gasteiger partial charge in [-0.2, -0.15) is 0 Å². The first-order valence-corrected chi connectivity index (χ1v) is 4.25. The first-order valence-electron chi connectivity index (χ1n) is 3.85. The minimum Gasteiger partial charge on any atom is -0.486 e. The summed E-state index contributed by atoms with van der Waals surface area (Å²) in [5.74, 6) is 0.837. The molecular formula is C8H10N2OS. The maximum atomic E-state index is 5.57. The molecule has 12 heavy (non-hydrogen) atoms. The van der Waals surface area contributed by atoms with E-state index in [4.69, 9.17) is 4.74 Å². The Labute approximate surface area is 76.9 Å². The SMILES string of the molecule is SN1CC(Oc2cccnc2)C1. The van der Waals surface area contributed by atoms with Crippen molar-refractivity contribution < 1.29 is 4.74 Å². The molecule has 1 aliphatic heterocycles. The van der Waals surface area contributed by atoms with E-state index in [1.54, 1.807) is 12.4 Å². The number of ether oxygens (including phenoxy) is 1. The monoisotopic (exact) mass is 182 g/mol. The van der Waals surface area contributed by atoms with Gasteiger partial charge < -0.3 is 4.74 Å². The van der Waals surface area contributed by atoms with E-state index >= 15 is 0 Å². The maximum absolute atomic E-state index is 5.57. The zero-order valence-electron chi connectivity index (χ0n) is 6.55. The first kappa shape index (κ1) is 7.89. The third-order valence-electron chi connectivity index (χ3n) is 1.77. The van der Waals surface area contributed by atoms with Crippen molar-refractivity contribution in [3.05, 3.63) is 24.5 Å². The van der Waals surface area contributed by atoms with E-state index in [0.717, 1.165) is 18.8 Å². The van der Waals surface area contributed by atoms with Crippen LogP contribution in [0.3, 0.4) is 0 Å². The molecule has 0 amide bonds. The van der Waals surface area contributed by atoms with Gasteiger partial charge in [-0.25, -0.2) is 4.31 Å². The molecule has 2 rings (SSSR count). The second-order valence-electron chi connectivity index (χ2n) is 2.80. The zero-order chi connectivity index (χ0) is 8.39. The predicted octanol–water partition coefficient (Wildman–Crippen LogP) is 0.989. The Morgan fingerprint density at radius 1 is 1.58 bits per heavy atom. The molecule has 0 saturated carbocycles. The van der Waals surface area contributed by atoms with Gasteiger partial charge in [-0.1, -0.05) is 12.8 Å². The molecule has 0 bridgehead atoms. The smallest absolute Gasteiger partial charge is 0.138 e. The number of hydrogen-bond donors (Lipinski definition) is 1. The average Bonchev–Trinajstić information content (AvgIpc) is 2.04. The molecular weight excluding hydrogens is 172 g/mol. The Morgan fingerprint density at radius 3 is 3.00 bits per heavy atom. The average molecular weight is 182 g/mol. The van der Waals surface area contributed by atoms with Gasteiger partial charge >= 0.3 is 0 Å². The molecule has 1 aromatic rings. The van der Waals surface area contributed by atoms with E-state index < -0.39 is 0 Å². The molecule has 0 atom stereocenters. The minimum atomic E-state index is 0.284. The molecule has 0 unspecified atom stereocenters.